The Bertz CT molecular complexity index is 2060. The second kappa shape index (κ2) is 17.3. The van der Waals surface area contributed by atoms with Gasteiger partial charge in [-0.25, -0.2) is 14.6 Å². The van der Waals surface area contributed by atoms with E-state index >= 15 is 0 Å². The van der Waals surface area contributed by atoms with Crippen molar-refractivity contribution in [3.05, 3.63) is 95.1 Å². The van der Waals surface area contributed by atoms with Crippen molar-refractivity contribution in [1.82, 2.24) is 20.1 Å². The molecular formula is C35H38N8O9S2+2. The number of ketones is 1. The van der Waals surface area contributed by atoms with Crippen molar-refractivity contribution >= 4 is 69.4 Å². The third-order valence-corrected chi connectivity index (χ3v) is 10.3. The second-order valence-corrected chi connectivity index (χ2v) is 14.4. The van der Waals surface area contributed by atoms with Gasteiger partial charge in [-0.3, -0.25) is 19.2 Å². The van der Waals surface area contributed by atoms with Gasteiger partial charge in [-0.1, -0.05) is 17.8 Å². The summed E-state index contributed by atoms with van der Waals surface area (Å²) >= 11 is 2.42. The Kier molecular flexibility index (Phi) is 12.5. The highest BCUT2D eigenvalue weighted by molar-refractivity contribution is 8.00. The van der Waals surface area contributed by atoms with Crippen LogP contribution in [0.4, 0.5) is 5.13 Å². The Morgan fingerprint density at radius 3 is 2.19 bits per heavy atom. The van der Waals surface area contributed by atoms with Crippen LogP contribution >= 0.6 is 23.1 Å². The van der Waals surface area contributed by atoms with Crippen LogP contribution in [0.1, 0.15) is 26.4 Å². The molecule has 0 bridgehead atoms. The Hall–Kier alpha value is -5.95. The zero-order valence-corrected chi connectivity index (χ0v) is 31.4. The normalized spacial score (nSPS) is 17.7. The van der Waals surface area contributed by atoms with Gasteiger partial charge in [0.05, 0.1) is 11.5 Å². The van der Waals surface area contributed by atoms with E-state index < -0.39 is 47.4 Å². The van der Waals surface area contributed by atoms with Gasteiger partial charge in [-0.15, -0.1) is 11.3 Å². The number of amides is 3. The number of ether oxygens (including phenoxy) is 2. The molecule has 0 spiro atoms. The number of nitrogens with zero attached hydrogens (tertiary/aromatic N) is 6. The maximum absolute atomic E-state index is 13.6. The van der Waals surface area contributed by atoms with E-state index in [4.69, 9.17) is 20.0 Å². The molecule has 1 aliphatic carbocycles. The Morgan fingerprint density at radius 2 is 1.63 bits per heavy atom. The summed E-state index contributed by atoms with van der Waals surface area (Å²) in [5, 5.41) is 7.60. The van der Waals surface area contributed by atoms with Crippen molar-refractivity contribution in [3.8, 4) is 0 Å². The minimum absolute atomic E-state index is 0.0490. The van der Waals surface area contributed by atoms with E-state index in [0.29, 0.717) is 22.5 Å². The summed E-state index contributed by atoms with van der Waals surface area (Å²) in [7, 11) is 6.49. The number of esters is 2. The number of pyridine rings is 2. The van der Waals surface area contributed by atoms with Crippen molar-refractivity contribution in [3.63, 3.8) is 0 Å². The van der Waals surface area contributed by atoms with Gasteiger partial charge in [0.15, 0.2) is 41.4 Å². The van der Waals surface area contributed by atoms with E-state index in [1.54, 1.807) is 71.0 Å². The molecule has 19 heteroatoms. The zero-order valence-electron chi connectivity index (χ0n) is 29.8. The number of thioether (sulfide) groups is 1. The summed E-state index contributed by atoms with van der Waals surface area (Å²) < 4.78 is 13.8. The average molecular weight is 779 g/mol. The van der Waals surface area contributed by atoms with Gasteiger partial charge in [-0.2, -0.15) is 20.9 Å². The highest BCUT2D eigenvalue weighted by atomic mass is 32.2. The van der Waals surface area contributed by atoms with Gasteiger partial charge in [0, 0.05) is 56.7 Å². The second-order valence-electron chi connectivity index (χ2n) is 12.4. The molecule has 1 saturated carbocycles. The lowest BCUT2D eigenvalue weighted by atomic mass is 9.71. The third kappa shape index (κ3) is 8.97. The highest BCUT2D eigenvalue weighted by Gasteiger charge is 2.56. The lowest BCUT2D eigenvalue weighted by Crippen LogP contribution is -2.66. The molecule has 0 saturated heterocycles. The minimum Gasteiger partial charge on any atom is -0.402 e. The van der Waals surface area contributed by atoms with E-state index in [1.807, 2.05) is 0 Å². The van der Waals surface area contributed by atoms with Crippen LogP contribution < -0.4 is 20.2 Å². The molecule has 0 aromatic carbocycles. The van der Waals surface area contributed by atoms with Crippen LogP contribution in [0, 0.1) is 5.92 Å². The van der Waals surface area contributed by atoms with E-state index in [0.717, 1.165) is 11.3 Å². The van der Waals surface area contributed by atoms with Crippen molar-refractivity contribution in [1.29, 1.82) is 0 Å². The van der Waals surface area contributed by atoms with Crippen LogP contribution in [0.2, 0.25) is 0 Å². The van der Waals surface area contributed by atoms with Crippen LogP contribution in [0.25, 0.3) is 0 Å². The quantitative estimate of drug-likeness (QED) is 0.0968. The molecule has 3 N–H and O–H groups in total. The molecular weight excluding hydrogens is 741 g/mol. The van der Waals surface area contributed by atoms with Gasteiger partial charge in [0.2, 0.25) is 6.61 Å². The van der Waals surface area contributed by atoms with Crippen LogP contribution in [0.3, 0.4) is 0 Å². The molecule has 3 atom stereocenters. The number of Topliss-reactive ketones (excluding diaryl/α,β-unsaturated/α-hetero) is 1. The Labute approximate surface area is 318 Å². The van der Waals surface area contributed by atoms with Crippen molar-refractivity contribution < 1.29 is 52.2 Å². The number of nitrogens with one attached hydrogen (secondary N) is 1. The van der Waals surface area contributed by atoms with E-state index in [1.165, 1.54) is 48.3 Å². The first-order chi connectivity index (χ1) is 25.8. The number of hydrogen-bond acceptors (Lipinski definition) is 14. The molecule has 54 heavy (non-hydrogen) atoms. The summed E-state index contributed by atoms with van der Waals surface area (Å²) in [5.74, 6) is -3.77. The fourth-order valence-corrected chi connectivity index (χ4v) is 7.52. The molecule has 1 unspecified atom stereocenters. The number of carbonyl (C=O) groups is 6. The van der Waals surface area contributed by atoms with Crippen LogP contribution in [-0.4, -0.2) is 108 Å². The summed E-state index contributed by atoms with van der Waals surface area (Å²) in [6.07, 6.45) is 7.83. The van der Waals surface area contributed by atoms with Crippen LogP contribution in [-0.2, 0) is 47.0 Å². The number of hydrogen-bond donors (Lipinski definition) is 2. The standard InChI is InChI=1S/C35H37N8O9S2/c1-6-20-16-53-30-26(25(20)34(49)51-19-43-12-8-10-22(14-43)33(48)41(4)5)29(45)28(30)38-31(46)27(23-17-54-35(36)37-23)39-52-15-24(44)50-18-42-11-7-9-21(13-42)32(47)40(2)3/h6-14,17,26,28,30H,1,15-16,18-19H2,2-5H3,(H2-,36,37,38,46)/q+1/p+1/b39-27+/t26?,28-,30+/m1/s1. The van der Waals surface area contributed by atoms with E-state index in [9.17, 15) is 28.8 Å². The fourth-order valence-electron chi connectivity index (χ4n) is 5.47. The summed E-state index contributed by atoms with van der Waals surface area (Å²) in [4.78, 5) is 89.7. The molecule has 0 radical (unpaired) electrons. The average Bonchev–Trinajstić information content (AvgIpc) is 3.60. The number of nitrogens with two attached hydrogens (primary N) is 1. The first kappa shape index (κ1) is 39.3. The molecule has 3 aromatic heterocycles. The number of anilines is 1. The van der Waals surface area contributed by atoms with E-state index in [2.05, 4.69) is 22.0 Å². The molecule has 1 fully saturated rings. The third-order valence-electron chi connectivity index (χ3n) is 8.17. The number of rotatable bonds is 14. The van der Waals surface area contributed by atoms with E-state index in [-0.39, 0.29) is 47.4 Å². The van der Waals surface area contributed by atoms with Crippen molar-refractivity contribution in [2.24, 2.45) is 11.1 Å². The largest absolute Gasteiger partial charge is 0.402 e. The highest BCUT2D eigenvalue weighted by Crippen LogP contribution is 2.46. The maximum atomic E-state index is 13.6. The van der Waals surface area contributed by atoms with Crippen molar-refractivity contribution in [2.75, 3.05) is 46.3 Å². The topological polar surface area (TPSA) is 208 Å². The monoisotopic (exact) mass is 778 g/mol. The maximum Gasteiger partial charge on any atom is 0.351 e. The number of thiazole rings is 1. The molecule has 3 aromatic rings. The SMILES string of the molecule is C=CC1=C(C(=O)OC[n+]2cccc(C(=O)N(C)C)c2)C2C(=O)[C@@H](NC(=O)/C(=N/OCC(=O)OC[n+]3cccc(C(=O)N(C)C)c3)c3csc(N)n3)[C@H]2SC1. The number of nitrogen functional groups attached to an aromatic ring is 1. The summed E-state index contributed by atoms with van der Waals surface area (Å²) in [6.45, 7) is 2.69. The number of aromatic nitrogens is 3. The predicted molar refractivity (Wildman–Crippen MR) is 194 cm³/mol. The summed E-state index contributed by atoms with van der Waals surface area (Å²) in [6, 6.07) is 5.56. The van der Waals surface area contributed by atoms with Gasteiger partial charge in [0.1, 0.15) is 22.9 Å². The minimum atomic E-state index is -0.997. The van der Waals surface area contributed by atoms with Gasteiger partial charge in [0.25, 0.3) is 31.2 Å². The lowest BCUT2D eigenvalue weighted by Gasteiger charge is -2.46. The molecule has 17 nitrogen and oxygen atoms in total. The number of carbonyl (C=O) groups excluding carboxylic acids is 6. The molecule has 1 aliphatic heterocycles. The molecule has 3 amide bonds. The summed E-state index contributed by atoms with van der Waals surface area (Å²) in [5.41, 5.74) is 6.99. The molecule has 2 aliphatic rings. The predicted octanol–water partition coefficient (Wildman–Crippen LogP) is 0.108. The number of allylic oxidation sites excluding steroid dienone is 1. The molecule has 5 rings (SSSR count). The first-order valence-electron chi connectivity index (χ1n) is 16.3. The van der Waals surface area contributed by atoms with Crippen LogP contribution in [0.5, 0.6) is 0 Å². The van der Waals surface area contributed by atoms with Crippen LogP contribution in [0.15, 0.2) is 83.4 Å². The van der Waals surface area contributed by atoms with Gasteiger partial charge in [-0.05, 0) is 17.7 Å². The fraction of sp³-hybridized carbons (Fsp3) is 0.314. The smallest absolute Gasteiger partial charge is 0.351 e. The Morgan fingerprint density at radius 1 is 1.02 bits per heavy atom. The van der Waals surface area contributed by atoms with Gasteiger partial charge >= 0.3 is 11.9 Å². The first-order valence-corrected chi connectivity index (χ1v) is 18.2. The molecule has 4 heterocycles. The Balaban J connectivity index is 1.22. The molecule has 282 valence electrons. The van der Waals surface area contributed by atoms with Gasteiger partial charge < -0.3 is 35.2 Å². The lowest BCUT2D eigenvalue weighted by molar-refractivity contribution is -0.727. The number of oxime groups is 1. The van der Waals surface area contributed by atoms with Crippen molar-refractivity contribution in [2.45, 2.75) is 24.8 Å². The number of fused-ring (bicyclic) bond motifs is 1. The zero-order chi connectivity index (χ0) is 39.1.